The van der Waals surface area contributed by atoms with Crippen molar-refractivity contribution >= 4 is 17.3 Å². The second kappa shape index (κ2) is 6.36. The van der Waals surface area contributed by atoms with E-state index in [0.29, 0.717) is 12.2 Å². The van der Waals surface area contributed by atoms with Crippen molar-refractivity contribution in [1.29, 1.82) is 0 Å². The SMILES string of the molecule is CCC(C)(C)CNC(=O)c1cc(NC)ccc1[N+](=O)[O-]. The molecule has 0 aliphatic rings. The summed E-state index contributed by atoms with van der Waals surface area (Å²) in [6.45, 7) is 6.58. The van der Waals surface area contributed by atoms with Crippen molar-refractivity contribution in [1.82, 2.24) is 5.32 Å². The van der Waals surface area contributed by atoms with Crippen LogP contribution in [0.1, 0.15) is 37.6 Å². The van der Waals surface area contributed by atoms with Crippen molar-refractivity contribution in [2.75, 3.05) is 18.9 Å². The Morgan fingerprint density at radius 2 is 2.05 bits per heavy atom. The van der Waals surface area contributed by atoms with Crippen molar-refractivity contribution in [2.24, 2.45) is 5.41 Å². The van der Waals surface area contributed by atoms with Gasteiger partial charge in [-0.05, 0) is 24.0 Å². The maximum absolute atomic E-state index is 12.2. The maximum Gasteiger partial charge on any atom is 0.282 e. The number of nitro groups is 1. The molecule has 110 valence electrons. The normalized spacial score (nSPS) is 11.0. The molecule has 0 aliphatic carbocycles. The van der Waals surface area contributed by atoms with Crippen molar-refractivity contribution in [2.45, 2.75) is 27.2 Å². The summed E-state index contributed by atoms with van der Waals surface area (Å²) in [5.74, 6) is -0.421. The predicted molar refractivity (Wildman–Crippen MR) is 79.0 cm³/mol. The number of hydrogen-bond donors (Lipinski definition) is 2. The van der Waals surface area contributed by atoms with Crippen LogP contribution in [-0.4, -0.2) is 24.4 Å². The zero-order valence-corrected chi connectivity index (χ0v) is 12.3. The van der Waals surface area contributed by atoms with Crippen LogP contribution < -0.4 is 10.6 Å². The van der Waals surface area contributed by atoms with Crippen molar-refractivity contribution in [3.8, 4) is 0 Å². The lowest BCUT2D eigenvalue weighted by Crippen LogP contribution is -2.33. The van der Waals surface area contributed by atoms with Gasteiger partial charge in [0.15, 0.2) is 0 Å². The third kappa shape index (κ3) is 3.94. The summed E-state index contributed by atoms with van der Waals surface area (Å²) < 4.78 is 0. The molecular formula is C14H21N3O3. The van der Waals surface area contributed by atoms with Gasteiger partial charge in [0.05, 0.1) is 4.92 Å². The molecule has 0 atom stereocenters. The minimum Gasteiger partial charge on any atom is -0.388 e. The molecule has 0 radical (unpaired) electrons. The van der Waals surface area contributed by atoms with Crippen LogP contribution in [0.5, 0.6) is 0 Å². The molecule has 6 nitrogen and oxygen atoms in total. The van der Waals surface area contributed by atoms with Crippen LogP contribution in [0.4, 0.5) is 11.4 Å². The Labute approximate surface area is 118 Å². The van der Waals surface area contributed by atoms with E-state index < -0.39 is 10.8 Å². The summed E-state index contributed by atoms with van der Waals surface area (Å²) in [6.07, 6.45) is 0.909. The van der Waals surface area contributed by atoms with Gasteiger partial charge < -0.3 is 10.6 Å². The first kappa shape index (κ1) is 15.9. The fourth-order valence-corrected chi connectivity index (χ4v) is 1.57. The molecule has 0 heterocycles. The smallest absolute Gasteiger partial charge is 0.282 e. The first-order valence-electron chi connectivity index (χ1n) is 6.55. The number of hydrogen-bond acceptors (Lipinski definition) is 4. The van der Waals surface area contributed by atoms with E-state index in [1.807, 2.05) is 20.8 Å². The van der Waals surface area contributed by atoms with Crippen LogP contribution >= 0.6 is 0 Å². The van der Waals surface area contributed by atoms with Gasteiger partial charge in [-0.15, -0.1) is 0 Å². The average Bonchev–Trinajstić information content (AvgIpc) is 2.44. The summed E-state index contributed by atoms with van der Waals surface area (Å²) in [4.78, 5) is 22.6. The van der Waals surface area contributed by atoms with Gasteiger partial charge in [-0.2, -0.15) is 0 Å². The summed E-state index contributed by atoms with van der Waals surface area (Å²) in [5, 5.41) is 16.6. The molecular weight excluding hydrogens is 258 g/mol. The molecule has 0 fully saturated rings. The molecule has 1 aromatic rings. The lowest BCUT2D eigenvalue weighted by atomic mass is 9.90. The van der Waals surface area contributed by atoms with Crippen LogP contribution in [0.15, 0.2) is 18.2 Å². The van der Waals surface area contributed by atoms with Gasteiger partial charge in [0.2, 0.25) is 0 Å². The molecule has 0 unspecified atom stereocenters. The zero-order valence-electron chi connectivity index (χ0n) is 12.3. The lowest BCUT2D eigenvalue weighted by molar-refractivity contribution is -0.385. The highest BCUT2D eigenvalue weighted by Gasteiger charge is 2.22. The van der Waals surface area contributed by atoms with Crippen molar-refractivity contribution in [3.63, 3.8) is 0 Å². The van der Waals surface area contributed by atoms with Gasteiger partial charge in [0, 0.05) is 25.3 Å². The van der Waals surface area contributed by atoms with E-state index in [1.165, 1.54) is 12.1 Å². The van der Waals surface area contributed by atoms with Gasteiger partial charge in [0.25, 0.3) is 11.6 Å². The number of amides is 1. The van der Waals surface area contributed by atoms with Crippen LogP contribution in [0, 0.1) is 15.5 Å². The first-order valence-corrected chi connectivity index (χ1v) is 6.55. The molecule has 0 saturated heterocycles. The Bertz CT molecular complexity index is 512. The van der Waals surface area contributed by atoms with Gasteiger partial charge in [0.1, 0.15) is 5.56 Å². The van der Waals surface area contributed by atoms with E-state index >= 15 is 0 Å². The highest BCUT2D eigenvalue weighted by Crippen LogP contribution is 2.23. The van der Waals surface area contributed by atoms with E-state index in [2.05, 4.69) is 10.6 Å². The zero-order chi connectivity index (χ0) is 15.3. The largest absolute Gasteiger partial charge is 0.388 e. The Morgan fingerprint density at radius 3 is 2.55 bits per heavy atom. The van der Waals surface area contributed by atoms with Crippen LogP contribution in [0.3, 0.4) is 0 Å². The summed E-state index contributed by atoms with van der Waals surface area (Å²) in [7, 11) is 1.70. The van der Waals surface area contributed by atoms with Crippen LogP contribution in [0.25, 0.3) is 0 Å². The Morgan fingerprint density at radius 1 is 1.40 bits per heavy atom. The monoisotopic (exact) mass is 279 g/mol. The molecule has 1 amide bonds. The maximum atomic E-state index is 12.2. The summed E-state index contributed by atoms with van der Waals surface area (Å²) in [6, 6.07) is 4.41. The molecule has 0 aromatic heterocycles. The molecule has 0 aliphatic heterocycles. The molecule has 0 saturated carbocycles. The molecule has 6 heteroatoms. The Hall–Kier alpha value is -2.11. The van der Waals surface area contributed by atoms with Gasteiger partial charge in [-0.1, -0.05) is 20.8 Å². The van der Waals surface area contributed by atoms with Crippen LogP contribution in [-0.2, 0) is 0 Å². The summed E-state index contributed by atoms with van der Waals surface area (Å²) >= 11 is 0. The molecule has 2 N–H and O–H groups in total. The molecule has 1 rings (SSSR count). The number of anilines is 1. The first-order chi connectivity index (χ1) is 9.30. The lowest BCUT2D eigenvalue weighted by Gasteiger charge is -2.22. The highest BCUT2D eigenvalue weighted by molar-refractivity contribution is 5.99. The number of nitro benzene ring substituents is 1. The van der Waals surface area contributed by atoms with Crippen LogP contribution in [0.2, 0.25) is 0 Å². The van der Waals surface area contributed by atoms with E-state index in [4.69, 9.17) is 0 Å². The molecule has 20 heavy (non-hydrogen) atoms. The quantitative estimate of drug-likeness (QED) is 0.619. The average molecular weight is 279 g/mol. The third-order valence-corrected chi connectivity index (χ3v) is 3.41. The number of nitrogens with one attached hydrogen (secondary N) is 2. The number of nitrogens with zero attached hydrogens (tertiary/aromatic N) is 1. The second-order valence-corrected chi connectivity index (χ2v) is 5.44. The highest BCUT2D eigenvalue weighted by atomic mass is 16.6. The third-order valence-electron chi connectivity index (χ3n) is 3.41. The van der Waals surface area contributed by atoms with E-state index in [1.54, 1.807) is 13.1 Å². The van der Waals surface area contributed by atoms with Crippen molar-refractivity contribution < 1.29 is 9.72 Å². The fourth-order valence-electron chi connectivity index (χ4n) is 1.57. The summed E-state index contributed by atoms with van der Waals surface area (Å²) in [5.41, 5.74) is 0.519. The number of carbonyl (C=O) groups is 1. The fraction of sp³-hybridized carbons (Fsp3) is 0.500. The van der Waals surface area contributed by atoms with Crippen molar-refractivity contribution in [3.05, 3.63) is 33.9 Å². The van der Waals surface area contributed by atoms with Gasteiger partial charge >= 0.3 is 0 Å². The van der Waals surface area contributed by atoms with Gasteiger partial charge in [-0.3, -0.25) is 14.9 Å². The van der Waals surface area contributed by atoms with E-state index in [9.17, 15) is 14.9 Å². The molecule has 0 bridgehead atoms. The van der Waals surface area contributed by atoms with E-state index in [0.717, 1.165) is 6.42 Å². The number of rotatable bonds is 6. The topological polar surface area (TPSA) is 84.3 Å². The Kier molecular flexibility index (Phi) is 5.07. The van der Waals surface area contributed by atoms with Gasteiger partial charge in [-0.25, -0.2) is 0 Å². The minimum absolute atomic E-state index is 0.0367. The number of carbonyl (C=O) groups excluding carboxylic acids is 1. The predicted octanol–water partition coefficient (Wildman–Crippen LogP) is 2.80. The number of benzene rings is 1. The molecule has 0 spiro atoms. The molecule has 1 aromatic carbocycles. The minimum atomic E-state index is -0.542. The van der Waals surface area contributed by atoms with E-state index in [-0.39, 0.29) is 16.7 Å². The standard InChI is InChI=1S/C14H21N3O3/c1-5-14(2,3)9-16-13(18)11-8-10(15-4)6-7-12(11)17(19)20/h6-8,15H,5,9H2,1-4H3,(H,16,18). The Balaban J connectivity index is 2.98. The second-order valence-electron chi connectivity index (χ2n) is 5.44.